The van der Waals surface area contributed by atoms with Gasteiger partial charge in [-0.05, 0) is 24.1 Å². The molecule has 0 aliphatic carbocycles. The summed E-state index contributed by atoms with van der Waals surface area (Å²) in [6.07, 6.45) is 2.06. The van der Waals surface area contributed by atoms with Crippen LogP contribution in [0.15, 0.2) is 42.6 Å². The molecule has 0 aliphatic heterocycles. The SMILES string of the molecule is COc1ccc(CNC(=O)Cc2c(C)[nH]c3ccccc23)cn1. The fourth-order valence-corrected chi connectivity index (χ4v) is 2.62. The molecule has 5 heteroatoms. The third kappa shape index (κ3) is 3.34. The van der Waals surface area contributed by atoms with Crippen LogP contribution in [0.3, 0.4) is 0 Å². The number of nitrogens with one attached hydrogen (secondary N) is 2. The molecule has 0 unspecified atom stereocenters. The van der Waals surface area contributed by atoms with Crippen LogP contribution < -0.4 is 10.1 Å². The maximum Gasteiger partial charge on any atom is 0.224 e. The largest absolute Gasteiger partial charge is 0.481 e. The summed E-state index contributed by atoms with van der Waals surface area (Å²) in [7, 11) is 1.58. The van der Waals surface area contributed by atoms with Crippen molar-refractivity contribution in [2.24, 2.45) is 0 Å². The lowest BCUT2D eigenvalue weighted by molar-refractivity contribution is -0.120. The van der Waals surface area contributed by atoms with Gasteiger partial charge in [0.05, 0.1) is 13.5 Å². The summed E-state index contributed by atoms with van der Waals surface area (Å²) in [6, 6.07) is 11.7. The van der Waals surface area contributed by atoms with E-state index in [-0.39, 0.29) is 5.91 Å². The molecule has 5 nitrogen and oxygen atoms in total. The second kappa shape index (κ2) is 6.52. The van der Waals surface area contributed by atoms with Gasteiger partial charge in [-0.25, -0.2) is 4.98 Å². The first-order chi connectivity index (χ1) is 11.2. The highest BCUT2D eigenvalue weighted by atomic mass is 16.5. The second-order valence-corrected chi connectivity index (χ2v) is 5.44. The first-order valence-corrected chi connectivity index (χ1v) is 7.49. The zero-order valence-corrected chi connectivity index (χ0v) is 13.2. The summed E-state index contributed by atoms with van der Waals surface area (Å²) in [5.41, 5.74) is 4.08. The van der Waals surface area contributed by atoms with Gasteiger partial charge >= 0.3 is 0 Å². The molecule has 1 amide bonds. The van der Waals surface area contributed by atoms with Crippen molar-refractivity contribution in [3.05, 3.63) is 59.4 Å². The number of aryl methyl sites for hydroxylation is 1. The highest BCUT2D eigenvalue weighted by Crippen LogP contribution is 2.22. The van der Waals surface area contributed by atoms with Gasteiger partial charge in [-0.1, -0.05) is 24.3 Å². The van der Waals surface area contributed by atoms with Crippen molar-refractivity contribution < 1.29 is 9.53 Å². The van der Waals surface area contributed by atoms with Gasteiger partial charge in [-0.3, -0.25) is 4.79 Å². The Balaban J connectivity index is 1.65. The number of pyridine rings is 1. The average molecular weight is 309 g/mol. The Bertz CT molecular complexity index is 822. The first-order valence-electron chi connectivity index (χ1n) is 7.49. The summed E-state index contributed by atoms with van der Waals surface area (Å²) < 4.78 is 5.02. The molecule has 1 aromatic carbocycles. The van der Waals surface area contributed by atoms with Gasteiger partial charge < -0.3 is 15.0 Å². The van der Waals surface area contributed by atoms with Crippen molar-refractivity contribution in [2.45, 2.75) is 19.9 Å². The molecule has 0 fully saturated rings. The molecule has 23 heavy (non-hydrogen) atoms. The highest BCUT2D eigenvalue weighted by molar-refractivity contribution is 5.90. The third-order valence-electron chi connectivity index (χ3n) is 3.86. The normalized spacial score (nSPS) is 10.7. The molecule has 3 rings (SSSR count). The van der Waals surface area contributed by atoms with E-state index in [4.69, 9.17) is 4.74 Å². The van der Waals surface area contributed by atoms with Crippen molar-refractivity contribution in [1.82, 2.24) is 15.3 Å². The van der Waals surface area contributed by atoms with Crippen LogP contribution >= 0.6 is 0 Å². The molecule has 0 spiro atoms. The second-order valence-electron chi connectivity index (χ2n) is 5.44. The van der Waals surface area contributed by atoms with Gasteiger partial charge in [0, 0.05) is 35.4 Å². The first kappa shape index (κ1) is 15.1. The Morgan fingerprint density at radius 3 is 2.83 bits per heavy atom. The number of amides is 1. The number of methoxy groups -OCH3 is 1. The summed E-state index contributed by atoms with van der Waals surface area (Å²) >= 11 is 0. The number of ether oxygens (including phenoxy) is 1. The van der Waals surface area contributed by atoms with Crippen LogP contribution in [0.1, 0.15) is 16.8 Å². The molecule has 0 atom stereocenters. The molecular weight excluding hydrogens is 290 g/mol. The summed E-state index contributed by atoms with van der Waals surface area (Å²) in [5.74, 6) is 0.558. The van der Waals surface area contributed by atoms with Gasteiger partial charge in [0.2, 0.25) is 11.8 Å². The highest BCUT2D eigenvalue weighted by Gasteiger charge is 2.12. The lowest BCUT2D eigenvalue weighted by atomic mass is 10.1. The lowest BCUT2D eigenvalue weighted by Crippen LogP contribution is -2.24. The van der Waals surface area contributed by atoms with E-state index in [0.29, 0.717) is 18.8 Å². The number of hydrogen-bond donors (Lipinski definition) is 2. The number of nitrogens with zero attached hydrogens (tertiary/aromatic N) is 1. The van der Waals surface area contributed by atoms with Gasteiger partial charge in [0.25, 0.3) is 0 Å². The monoisotopic (exact) mass is 309 g/mol. The molecule has 3 aromatic rings. The summed E-state index contributed by atoms with van der Waals surface area (Å²) in [4.78, 5) is 19.7. The number of rotatable bonds is 5. The van der Waals surface area contributed by atoms with E-state index in [2.05, 4.69) is 15.3 Å². The number of benzene rings is 1. The lowest BCUT2D eigenvalue weighted by Gasteiger charge is -2.06. The number of aromatic nitrogens is 2. The molecule has 2 heterocycles. The van der Waals surface area contributed by atoms with E-state index in [0.717, 1.165) is 27.7 Å². The molecule has 0 radical (unpaired) electrons. The van der Waals surface area contributed by atoms with Gasteiger partial charge in [-0.15, -0.1) is 0 Å². The van der Waals surface area contributed by atoms with Crippen LogP contribution in [-0.2, 0) is 17.8 Å². The minimum Gasteiger partial charge on any atom is -0.481 e. The topological polar surface area (TPSA) is 67.0 Å². The number of carbonyl (C=O) groups excluding carboxylic acids is 1. The van der Waals surface area contributed by atoms with Crippen molar-refractivity contribution in [3.63, 3.8) is 0 Å². The standard InChI is InChI=1S/C18H19N3O2/c1-12-15(14-5-3-4-6-16(14)21-12)9-17(22)19-10-13-7-8-18(23-2)20-11-13/h3-8,11,21H,9-10H2,1-2H3,(H,19,22). The number of aromatic amines is 1. The Labute approximate surface area is 134 Å². The van der Waals surface area contributed by atoms with E-state index >= 15 is 0 Å². The average Bonchev–Trinajstić information content (AvgIpc) is 2.89. The molecule has 0 bridgehead atoms. The minimum atomic E-state index is -0.00586. The van der Waals surface area contributed by atoms with Crippen molar-refractivity contribution >= 4 is 16.8 Å². The fraction of sp³-hybridized carbons (Fsp3) is 0.222. The smallest absolute Gasteiger partial charge is 0.224 e. The molecule has 2 N–H and O–H groups in total. The van der Waals surface area contributed by atoms with Crippen LogP contribution in [0.2, 0.25) is 0 Å². The summed E-state index contributed by atoms with van der Waals surface area (Å²) in [6.45, 7) is 2.45. The van der Waals surface area contributed by atoms with Crippen LogP contribution in [0, 0.1) is 6.92 Å². The van der Waals surface area contributed by atoms with Crippen molar-refractivity contribution in [1.29, 1.82) is 0 Å². The van der Waals surface area contributed by atoms with E-state index in [1.54, 1.807) is 19.4 Å². The van der Waals surface area contributed by atoms with Crippen LogP contribution in [0.25, 0.3) is 10.9 Å². The van der Waals surface area contributed by atoms with Gasteiger partial charge in [0.15, 0.2) is 0 Å². The molecule has 0 saturated carbocycles. The van der Waals surface area contributed by atoms with Crippen molar-refractivity contribution in [2.75, 3.05) is 7.11 Å². The van der Waals surface area contributed by atoms with E-state index in [1.807, 2.05) is 37.3 Å². The molecule has 0 aliphatic rings. The maximum absolute atomic E-state index is 12.2. The zero-order chi connectivity index (χ0) is 16.2. The van der Waals surface area contributed by atoms with Crippen LogP contribution in [-0.4, -0.2) is 23.0 Å². The van der Waals surface area contributed by atoms with Crippen molar-refractivity contribution in [3.8, 4) is 5.88 Å². The van der Waals surface area contributed by atoms with E-state index in [1.165, 1.54) is 0 Å². The van der Waals surface area contributed by atoms with Crippen LogP contribution in [0.5, 0.6) is 5.88 Å². The third-order valence-corrected chi connectivity index (χ3v) is 3.86. The predicted molar refractivity (Wildman–Crippen MR) is 89.4 cm³/mol. The number of fused-ring (bicyclic) bond motifs is 1. The zero-order valence-electron chi connectivity index (χ0n) is 13.2. The number of para-hydroxylation sites is 1. The van der Waals surface area contributed by atoms with E-state index < -0.39 is 0 Å². The van der Waals surface area contributed by atoms with Gasteiger partial charge in [0.1, 0.15) is 0 Å². The molecule has 118 valence electrons. The minimum absolute atomic E-state index is 0.00586. The molecule has 0 saturated heterocycles. The summed E-state index contributed by atoms with van der Waals surface area (Å²) in [5, 5.41) is 4.04. The maximum atomic E-state index is 12.2. The molecular formula is C18H19N3O2. The predicted octanol–water partition coefficient (Wildman–Crippen LogP) is 2.74. The van der Waals surface area contributed by atoms with E-state index in [9.17, 15) is 4.79 Å². The number of carbonyl (C=O) groups is 1. The fourth-order valence-electron chi connectivity index (χ4n) is 2.62. The number of H-pyrrole nitrogens is 1. The van der Waals surface area contributed by atoms with Gasteiger partial charge in [-0.2, -0.15) is 0 Å². The Morgan fingerprint density at radius 1 is 1.26 bits per heavy atom. The number of hydrogen-bond acceptors (Lipinski definition) is 3. The van der Waals surface area contributed by atoms with Crippen LogP contribution in [0.4, 0.5) is 0 Å². The Morgan fingerprint density at radius 2 is 2.09 bits per heavy atom. The Hall–Kier alpha value is -2.82. The quantitative estimate of drug-likeness (QED) is 0.761. The molecule has 2 aromatic heterocycles. The Kier molecular flexibility index (Phi) is 4.28.